The summed E-state index contributed by atoms with van der Waals surface area (Å²) in [4.78, 5) is 39.2. The molecule has 2 atom stereocenters. The Morgan fingerprint density at radius 3 is 2.21 bits per heavy atom. The van der Waals surface area contributed by atoms with Crippen LogP contribution in [0.1, 0.15) is 75.8 Å². The van der Waals surface area contributed by atoms with Crippen molar-refractivity contribution in [1.82, 2.24) is 10.6 Å². The number of methoxy groups -OCH3 is 1. The number of hydrogen-bond acceptors (Lipinski definition) is 8. The number of phenols is 2. The van der Waals surface area contributed by atoms with E-state index in [2.05, 4.69) is 10.6 Å². The van der Waals surface area contributed by atoms with Crippen LogP contribution in [0.4, 0.5) is 0 Å². The molecule has 0 aliphatic carbocycles. The minimum Gasteiger partial charge on any atom is -0.508 e. The van der Waals surface area contributed by atoms with E-state index in [0.29, 0.717) is 29.8 Å². The Labute approximate surface area is 251 Å². The van der Waals surface area contributed by atoms with Gasteiger partial charge in [0.1, 0.15) is 23.4 Å². The number of benzene rings is 3. The van der Waals surface area contributed by atoms with Crippen LogP contribution >= 0.6 is 12.4 Å². The molecule has 0 saturated carbocycles. The molecule has 42 heavy (non-hydrogen) atoms. The van der Waals surface area contributed by atoms with Crippen molar-refractivity contribution in [1.29, 1.82) is 0 Å². The lowest BCUT2D eigenvalue weighted by atomic mass is 9.85. The molecule has 3 aromatic rings. The third-order valence-corrected chi connectivity index (χ3v) is 7.13. The molecule has 224 valence electrons. The predicted molar refractivity (Wildman–Crippen MR) is 161 cm³/mol. The zero-order valence-electron chi connectivity index (χ0n) is 24.1. The molecule has 1 aliphatic rings. The van der Waals surface area contributed by atoms with Crippen LogP contribution in [0.25, 0.3) is 0 Å². The van der Waals surface area contributed by atoms with Crippen molar-refractivity contribution >= 4 is 30.1 Å². The summed E-state index contributed by atoms with van der Waals surface area (Å²) in [7, 11) is 1.47. The SMILES string of the molecule is COc1ccc(O)c(C(=O)c2ccc(C(=O)O[C@@H]3CCCNC[C@H]3NC(=O)c3ccc(O)c(C(C)(C)C)c3)cc2)c1.Cl. The van der Waals surface area contributed by atoms with Gasteiger partial charge in [-0.3, -0.25) is 9.59 Å². The molecule has 1 heterocycles. The topological polar surface area (TPSA) is 134 Å². The summed E-state index contributed by atoms with van der Waals surface area (Å²) >= 11 is 0. The first-order chi connectivity index (χ1) is 19.5. The summed E-state index contributed by atoms with van der Waals surface area (Å²) in [5.41, 5.74) is 1.36. The maximum absolute atomic E-state index is 13.2. The van der Waals surface area contributed by atoms with Gasteiger partial charge in [-0.05, 0) is 73.3 Å². The molecule has 0 aromatic heterocycles. The van der Waals surface area contributed by atoms with E-state index < -0.39 is 23.9 Å². The number of carbonyl (C=O) groups excluding carboxylic acids is 3. The lowest BCUT2D eigenvalue weighted by molar-refractivity contribution is 0.0192. The number of esters is 1. The monoisotopic (exact) mass is 596 g/mol. The number of nitrogens with one attached hydrogen (secondary N) is 2. The molecule has 3 aromatic carbocycles. The molecule has 1 fully saturated rings. The van der Waals surface area contributed by atoms with Gasteiger partial charge in [0.2, 0.25) is 0 Å². The number of hydrogen-bond donors (Lipinski definition) is 4. The minimum atomic E-state index is -0.573. The second-order valence-corrected chi connectivity index (χ2v) is 11.1. The second kappa shape index (κ2) is 13.7. The number of rotatable bonds is 7. The first-order valence-corrected chi connectivity index (χ1v) is 13.6. The first-order valence-electron chi connectivity index (χ1n) is 13.6. The number of carbonyl (C=O) groups is 3. The number of phenolic OH excluding ortho intramolecular Hbond substituents is 2. The van der Waals surface area contributed by atoms with E-state index in [-0.39, 0.29) is 51.9 Å². The third-order valence-electron chi connectivity index (χ3n) is 7.13. The third kappa shape index (κ3) is 7.60. The average molecular weight is 597 g/mol. The van der Waals surface area contributed by atoms with Gasteiger partial charge in [-0.2, -0.15) is 0 Å². The Hall–Kier alpha value is -4.08. The molecule has 10 heteroatoms. The van der Waals surface area contributed by atoms with Gasteiger partial charge in [-0.25, -0.2) is 4.79 Å². The van der Waals surface area contributed by atoms with E-state index in [1.807, 2.05) is 20.8 Å². The van der Waals surface area contributed by atoms with E-state index >= 15 is 0 Å². The summed E-state index contributed by atoms with van der Waals surface area (Å²) in [5, 5.41) is 26.7. The fourth-order valence-corrected chi connectivity index (χ4v) is 4.78. The maximum atomic E-state index is 13.2. The highest BCUT2D eigenvalue weighted by Gasteiger charge is 2.30. The standard InChI is InChI=1S/C32H36N2O7.ClH/c1-32(2,3)24-16-21(11-13-27(24)36)30(38)34-25-18-33-15-5-6-28(25)41-31(39)20-9-7-19(8-10-20)29(37)23-17-22(40-4)12-14-26(23)35;/h7-14,16-17,25,28,33,35-36H,5-6,15,18H2,1-4H3,(H,34,38);1H/t25-,28-;/m1./s1. The highest BCUT2D eigenvalue weighted by atomic mass is 35.5. The van der Waals surface area contributed by atoms with Crippen LogP contribution in [0.5, 0.6) is 17.2 Å². The molecule has 9 nitrogen and oxygen atoms in total. The smallest absolute Gasteiger partial charge is 0.338 e. The van der Waals surface area contributed by atoms with E-state index in [0.717, 1.165) is 13.0 Å². The van der Waals surface area contributed by atoms with Crippen molar-refractivity contribution in [2.24, 2.45) is 0 Å². The van der Waals surface area contributed by atoms with Crippen LogP contribution in [0, 0.1) is 0 Å². The van der Waals surface area contributed by atoms with Crippen molar-refractivity contribution in [2.45, 2.75) is 51.2 Å². The van der Waals surface area contributed by atoms with Crippen molar-refractivity contribution < 1.29 is 34.1 Å². The fourth-order valence-electron chi connectivity index (χ4n) is 4.78. The summed E-state index contributed by atoms with van der Waals surface area (Å²) in [5.74, 6) is -0.914. The van der Waals surface area contributed by atoms with Gasteiger partial charge in [0.05, 0.1) is 24.3 Å². The number of ether oxygens (including phenoxy) is 2. The summed E-state index contributed by atoms with van der Waals surface area (Å²) < 4.78 is 11.0. The van der Waals surface area contributed by atoms with Gasteiger partial charge in [-0.1, -0.05) is 32.9 Å². The molecule has 0 spiro atoms. The molecule has 0 radical (unpaired) electrons. The van der Waals surface area contributed by atoms with Crippen LogP contribution in [-0.2, 0) is 10.2 Å². The van der Waals surface area contributed by atoms with Gasteiger partial charge < -0.3 is 30.3 Å². The van der Waals surface area contributed by atoms with Gasteiger partial charge in [0, 0.05) is 23.2 Å². The molecule has 1 amide bonds. The van der Waals surface area contributed by atoms with Gasteiger partial charge >= 0.3 is 5.97 Å². The average Bonchev–Trinajstić information content (AvgIpc) is 3.17. The lowest BCUT2D eigenvalue weighted by Gasteiger charge is -2.26. The molecule has 4 N–H and O–H groups in total. The van der Waals surface area contributed by atoms with E-state index in [1.165, 1.54) is 49.6 Å². The normalized spacial score (nSPS) is 16.9. The fraction of sp³-hybridized carbons (Fsp3) is 0.344. The van der Waals surface area contributed by atoms with Gasteiger partial charge in [0.15, 0.2) is 5.78 Å². The Kier molecular flexibility index (Phi) is 10.6. The molecular weight excluding hydrogens is 560 g/mol. The van der Waals surface area contributed by atoms with E-state index in [9.17, 15) is 24.6 Å². The number of halogens is 1. The number of aromatic hydroxyl groups is 2. The molecule has 4 rings (SSSR count). The molecule has 0 bridgehead atoms. The van der Waals surface area contributed by atoms with Gasteiger partial charge in [0.25, 0.3) is 5.91 Å². The van der Waals surface area contributed by atoms with Crippen LogP contribution < -0.4 is 15.4 Å². The van der Waals surface area contributed by atoms with Crippen LogP contribution in [-0.4, -0.2) is 60.2 Å². The quantitative estimate of drug-likeness (QED) is 0.226. The highest BCUT2D eigenvalue weighted by Crippen LogP contribution is 2.31. The van der Waals surface area contributed by atoms with Gasteiger partial charge in [-0.15, -0.1) is 12.4 Å². The summed E-state index contributed by atoms with van der Waals surface area (Å²) in [6.07, 6.45) is 0.739. The number of amides is 1. The predicted octanol–water partition coefficient (Wildman–Crippen LogP) is 4.76. The molecule has 1 saturated heterocycles. The Morgan fingerprint density at radius 2 is 1.55 bits per heavy atom. The summed E-state index contributed by atoms with van der Waals surface area (Å²) in [6, 6.07) is 14.7. The van der Waals surface area contributed by atoms with Crippen molar-refractivity contribution in [2.75, 3.05) is 20.2 Å². The summed E-state index contributed by atoms with van der Waals surface area (Å²) in [6.45, 7) is 7.02. The zero-order chi connectivity index (χ0) is 29.7. The second-order valence-electron chi connectivity index (χ2n) is 11.1. The Balaban J connectivity index is 0.00000484. The van der Waals surface area contributed by atoms with Crippen molar-refractivity contribution in [3.8, 4) is 17.2 Å². The number of ketones is 1. The highest BCUT2D eigenvalue weighted by molar-refractivity contribution is 6.11. The maximum Gasteiger partial charge on any atom is 0.338 e. The minimum absolute atomic E-state index is 0. The Bertz CT molecular complexity index is 1430. The van der Waals surface area contributed by atoms with E-state index in [4.69, 9.17) is 9.47 Å². The molecule has 0 unspecified atom stereocenters. The Morgan fingerprint density at radius 1 is 0.905 bits per heavy atom. The lowest BCUT2D eigenvalue weighted by Crippen LogP contribution is -2.49. The first kappa shape index (κ1) is 32.4. The molecular formula is C32H37ClN2O7. The van der Waals surface area contributed by atoms with Crippen LogP contribution in [0.15, 0.2) is 60.7 Å². The van der Waals surface area contributed by atoms with Crippen LogP contribution in [0.2, 0.25) is 0 Å². The molecule has 1 aliphatic heterocycles. The zero-order valence-corrected chi connectivity index (χ0v) is 24.9. The largest absolute Gasteiger partial charge is 0.508 e. The van der Waals surface area contributed by atoms with Crippen molar-refractivity contribution in [3.63, 3.8) is 0 Å². The van der Waals surface area contributed by atoms with Crippen LogP contribution in [0.3, 0.4) is 0 Å². The van der Waals surface area contributed by atoms with Crippen molar-refractivity contribution in [3.05, 3.63) is 88.5 Å². The van der Waals surface area contributed by atoms with E-state index in [1.54, 1.807) is 18.2 Å².